The van der Waals surface area contributed by atoms with Gasteiger partial charge in [0.1, 0.15) is 26.2 Å². The van der Waals surface area contributed by atoms with Gasteiger partial charge in [0.15, 0.2) is 0 Å². The molecule has 0 radical (unpaired) electrons. The lowest BCUT2D eigenvalue weighted by Gasteiger charge is -2.35. The average molecular weight is 787 g/mol. The molecule has 4 heterocycles. The summed E-state index contributed by atoms with van der Waals surface area (Å²) in [5.41, 5.74) is 0. The van der Waals surface area contributed by atoms with E-state index in [0.717, 1.165) is 24.3 Å². The standard InChI is InChI=1S/C32H34N8O16/c41-19(33-13-1-3-31(53)55-39-25(47)9-10-26(39)48)15-37(29(51)17-35-21(43)5-6-22(35)44)38(30(52)18-36-23(45)7-8-24(36)46)16-20(42)34-14-2-4-32(54)56-40-27(49)11-12-28(40)50/h5-8H,1-4,9-18H2,(H,33,41)(H,34,42). The molecule has 4 rings (SSSR count). The molecule has 4 aliphatic heterocycles. The van der Waals surface area contributed by atoms with Crippen LogP contribution in [-0.2, 0) is 76.8 Å². The monoisotopic (exact) mass is 786 g/mol. The summed E-state index contributed by atoms with van der Waals surface area (Å²) in [6.45, 7) is -4.69. The van der Waals surface area contributed by atoms with Crippen LogP contribution in [0.2, 0.25) is 0 Å². The fraction of sp³-hybridized carbons (Fsp3) is 0.438. The van der Waals surface area contributed by atoms with Crippen molar-refractivity contribution >= 4 is 82.8 Å². The second kappa shape index (κ2) is 18.8. The van der Waals surface area contributed by atoms with E-state index in [2.05, 4.69) is 10.6 Å². The van der Waals surface area contributed by atoms with Crippen molar-refractivity contribution in [2.75, 3.05) is 39.3 Å². The summed E-state index contributed by atoms with van der Waals surface area (Å²) in [5.74, 6) is -12.9. The number of carbonyl (C=O) groups is 14. The number of imide groups is 4. The zero-order chi connectivity index (χ0) is 41.1. The maximum absolute atomic E-state index is 13.6. The molecule has 0 saturated carbocycles. The van der Waals surface area contributed by atoms with Crippen LogP contribution in [0.4, 0.5) is 0 Å². The minimum atomic E-state index is -1.25. The molecule has 2 fully saturated rings. The van der Waals surface area contributed by atoms with Crippen LogP contribution in [0.25, 0.3) is 0 Å². The van der Waals surface area contributed by atoms with Crippen molar-refractivity contribution in [3.8, 4) is 0 Å². The number of nitrogens with one attached hydrogen (secondary N) is 2. The lowest BCUT2D eigenvalue weighted by Crippen LogP contribution is -2.60. The predicted octanol–water partition coefficient (Wildman–Crippen LogP) is -4.58. The zero-order valence-electron chi connectivity index (χ0n) is 29.4. The number of nitrogens with zero attached hydrogens (tertiary/aromatic N) is 6. The van der Waals surface area contributed by atoms with Crippen LogP contribution in [0.3, 0.4) is 0 Å². The number of hydrogen-bond donors (Lipinski definition) is 2. The van der Waals surface area contributed by atoms with E-state index in [-0.39, 0.29) is 64.5 Å². The SMILES string of the molecule is O=C(CN(C(=O)CN1C(=O)C=CC1=O)N(CC(=O)NCCCC(=O)ON1C(=O)CCC1=O)C(=O)CN1C(=O)C=CC1=O)NCCCC(=O)ON1C(=O)CCC1=O. The Balaban J connectivity index is 1.43. The molecule has 2 N–H and O–H groups in total. The van der Waals surface area contributed by atoms with Gasteiger partial charge in [0.05, 0.1) is 0 Å². The Morgan fingerprint density at radius 2 is 0.821 bits per heavy atom. The fourth-order valence-corrected chi connectivity index (χ4v) is 5.14. The number of amides is 12. The van der Waals surface area contributed by atoms with E-state index in [1.54, 1.807) is 0 Å². The van der Waals surface area contributed by atoms with Crippen LogP contribution < -0.4 is 10.6 Å². The van der Waals surface area contributed by atoms with E-state index in [0.29, 0.717) is 29.9 Å². The van der Waals surface area contributed by atoms with Crippen LogP contribution in [-0.4, -0.2) is 152 Å². The van der Waals surface area contributed by atoms with Crippen molar-refractivity contribution in [3.63, 3.8) is 0 Å². The first kappa shape index (κ1) is 41.6. The van der Waals surface area contributed by atoms with Crippen molar-refractivity contribution < 1.29 is 76.8 Å². The van der Waals surface area contributed by atoms with Crippen molar-refractivity contribution in [1.29, 1.82) is 0 Å². The van der Waals surface area contributed by atoms with E-state index >= 15 is 0 Å². The summed E-state index contributed by atoms with van der Waals surface area (Å²) < 4.78 is 0. The van der Waals surface area contributed by atoms with Crippen molar-refractivity contribution in [2.45, 2.75) is 51.4 Å². The molecule has 24 heteroatoms. The summed E-state index contributed by atoms with van der Waals surface area (Å²) in [4.78, 5) is 184. The number of hydrogen-bond acceptors (Lipinski definition) is 16. The highest BCUT2D eigenvalue weighted by Gasteiger charge is 2.37. The van der Waals surface area contributed by atoms with Gasteiger partial charge in [-0.3, -0.25) is 67.3 Å². The van der Waals surface area contributed by atoms with E-state index in [1.807, 2.05) is 0 Å². The Hall–Kier alpha value is -7.14. The lowest BCUT2D eigenvalue weighted by atomic mass is 10.3. The highest BCUT2D eigenvalue weighted by Crippen LogP contribution is 2.15. The van der Waals surface area contributed by atoms with Crippen LogP contribution in [0.15, 0.2) is 24.3 Å². The first-order valence-electron chi connectivity index (χ1n) is 16.9. The lowest BCUT2D eigenvalue weighted by molar-refractivity contribution is -0.197. The van der Waals surface area contributed by atoms with E-state index in [9.17, 15) is 67.1 Å². The maximum atomic E-state index is 13.6. The highest BCUT2D eigenvalue weighted by molar-refractivity contribution is 6.15. The Morgan fingerprint density at radius 3 is 1.12 bits per heavy atom. The average Bonchev–Trinajstić information content (AvgIpc) is 3.86. The molecule has 56 heavy (non-hydrogen) atoms. The molecule has 24 nitrogen and oxygen atoms in total. The molecule has 2 saturated heterocycles. The molecule has 0 aromatic rings. The fourth-order valence-electron chi connectivity index (χ4n) is 5.14. The summed E-state index contributed by atoms with van der Waals surface area (Å²) in [6.07, 6.45) is 1.97. The van der Waals surface area contributed by atoms with Gasteiger partial charge >= 0.3 is 11.9 Å². The predicted molar refractivity (Wildman–Crippen MR) is 174 cm³/mol. The van der Waals surface area contributed by atoms with Gasteiger partial charge in [-0.25, -0.2) is 19.6 Å². The minimum absolute atomic E-state index is 0.105. The van der Waals surface area contributed by atoms with Crippen molar-refractivity contribution in [2.24, 2.45) is 0 Å². The number of hydroxylamine groups is 4. The van der Waals surface area contributed by atoms with Gasteiger partial charge in [0.2, 0.25) is 11.8 Å². The molecule has 0 atom stereocenters. The summed E-state index contributed by atoms with van der Waals surface area (Å²) in [7, 11) is 0. The van der Waals surface area contributed by atoms with Crippen molar-refractivity contribution in [3.05, 3.63) is 24.3 Å². The van der Waals surface area contributed by atoms with Gasteiger partial charge in [-0.15, -0.1) is 10.1 Å². The number of rotatable bonds is 18. The zero-order valence-corrected chi connectivity index (χ0v) is 29.4. The molecule has 0 aliphatic carbocycles. The van der Waals surface area contributed by atoms with Crippen LogP contribution in [0.5, 0.6) is 0 Å². The van der Waals surface area contributed by atoms with Gasteiger partial charge in [-0.2, -0.15) is 0 Å². The summed E-state index contributed by atoms with van der Waals surface area (Å²) in [5, 5.41) is 6.22. The molecule has 0 spiro atoms. The Morgan fingerprint density at radius 1 is 0.518 bits per heavy atom. The Kier molecular flexibility index (Phi) is 13.9. The third-order valence-corrected chi connectivity index (χ3v) is 8.00. The molecule has 0 bridgehead atoms. The molecule has 4 aliphatic rings. The Labute approximate surface area is 315 Å². The van der Waals surface area contributed by atoms with Gasteiger partial charge < -0.3 is 20.3 Å². The molecular formula is C32H34N8O16. The number of carbonyl (C=O) groups excluding carboxylic acids is 14. The second-order valence-corrected chi connectivity index (χ2v) is 12.1. The minimum Gasteiger partial charge on any atom is -0.354 e. The first-order chi connectivity index (χ1) is 26.5. The third-order valence-electron chi connectivity index (χ3n) is 8.00. The largest absolute Gasteiger partial charge is 0.354 e. The van der Waals surface area contributed by atoms with E-state index in [1.165, 1.54) is 0 Å². The van der Waals surface area contributed by atoms with Crippen LogP contribution >= 0.6 is 0 Å². The molecule has 0 aromatic heterocycles. The van der Waals surface area contributed by atoms with Crippen molar-refractivity contribution in [1.82, 2.24) is 40.6 Å². The normalized spacial score (nSPS) is 16.4. The highest BCUT2D eigenvalue weighted by atomic mass is 16.7. The van der Waals surface area contributed by atoms with Crippen LogP contribution in [0, 0.1) is 0 Å². The topological polar surface area (TPSA) is 301 Å². The maximum Gasteiger partial charge on any atom is 0.333 e. The smallest absolute Gasteiger partial charge is 0.333 e. The van der Waals surface area contributed by atoms with Gasteiger partial charge in [0, 0.05) is 75.9 Å². The molecule has 0 aromatic carbocycles. The second-order valence-electron chi connectivity index (χ2n) is 12.1. The van der Waals surface area contributed by atoms with Gasteiger partial charge in [-0.1, -0.05) is 0 Å². The quantitative estimate of drug-likeness (QED) is 0.0751. The van der Waals surface area contributed by atoms with Crippen LogP contribution in [0.1, 0.15) is 51.4 Å². The van der Waals surface area contributed by atoms with E-state index < -0.39 is 109 Å². The molecular weight excluding hydrogens is 752 g/mol. The Bertz CT molecular complexity index is 1640. The first-order valence-corrected chi connectivity index (χ1v) is 16.9. The molecule has 298 valence electrons. The van der Waals surface area contributed by atoms with Gasteiger partial charge in [-0.05, 0) is 12.8 Å². The molecule has 0 unspecified atom stereocenters. The van der Waals surface area contributed by atoms with E-state index in [4.69, 9.17) is 9.68 Å². The summed E-state index contributed by atoms with van der Waals surface area (Å²) in [6, 6.07) is 0. The van der Waals surface area contributed by atoms with Gasteiger partial charge in [0.25, 0.3) is 59.1 Å². The third kappa shape index (κ3) is 11.0. The summed E-state index contributed by atoms with van der Waals surface area (Å²) >= 11 is 0. The number of hydrazine groups is 1. The molecule has 12 amide bonds.